The minimum atomic E-state index is -0.477. The SMILES string of the molecule is CCC1C(c2ccccc2)=NC(c2ccc3c(c2)C2(c4ccccc4Sc4ccccc42)c2ccccc2-3)=NC1c1ccc(-c2ccc(-c3ccccc3)nc2-c2ccccc2)cc1. The van der Waals surface area contributed by atoms with E-state index in [4.69, 9.17) is 15.0 Å². The molecule has 0 amide bonds. The summed E-state index contributed by atoms with van der Waals surface area (Å²) >= 11 is 1.87. The van der Waals surface area contributed by atoms with Crippen LogP contribution in [0.5, 0.6) is 0 Å². The lowest BCUT2D eigenvalue weighted by Gasteiger charge is -2.39. The smallest absolute Gasteiger partial charge is 0.155 e. The third-order valence-electron chi connectivity index (χ3n) is 13.4. The molecule has 1 aliphatic carbocycles. The molecule has 8 aromatic carbocycles. The van der Waals surface area contributed by atoms with Crippen LogP contribution in [0.4, 0.5) is 0 Å². The maximum absolute atomic E-state index is 5.67. The lowest BCUT2D eigenvalue weighted by molar-refractivity contribution is 0.532. The summed E-state index contributed by atoms with van der Waals surface area (Å²) in [5.41, 5.74) is 18.1. The average Bonchev–Trinajstić information content (AvgIpc) is 3.66. The number of hydrogen-bond acceptors (Lipinski definition) is 4. The first-order valence-corrected chi connectivity index (χ1v) is 23.1. The second-order valence-electron chi connectivity index (χ2n) is 16.9. The number of pyridine rings is 1. The molecule has 0 bridgehead atoms. The van der Waals surface area contributed by atoms with Gasteiger partial charge in [-0.3, -0.25) is 4.99 Å². The predicted octanol–water partition coefficient (Wildman–Crippen LogP) is 14.9. The van der Waals surface area contributed by atoms with Gasteiger partial charge in [-0.1, -0.05) is 213 Å². The maximum Gasteiger partial charge on any atom is 0.155 e. The predicted molar refractivity (Wildman–Crippen MR) is 264 cm³/mol. The Morgan fingerprint density at radius 2 is 1.00 bits per heavy atom. The molecule has 0 N–H and O–H groups in total. The van der Waals surface area contributed by atoms with Gasteiger partial charge in [-0.2, -0.15) is 0 Å². The summed E-state index contributed by atoms with van der Waals surface area (Å²) in [7, 11) is 0. The molecule has 2 atom stereocenters. The van der Waals surface area contributed by atoms with Gasteiger partial charge in [0.05, 0.1) is 28.6 Å². The van der Waals surface area contributed by atoms with Crippen LogP contribution in [0.2, 0.25) is 0 Å². The normalized spacial score (nSPS) is 16.5. The van der Waals surface area contributed by atoms with Gasteiger partial charge < -0.3 is 0 Å². The van der Waals surface area contributed by atoms with E-state index in [1.54, 1.807) is 0 Å². The monoisotopic (exact) mass is 837 g/mol. The number of hydrogen-bond donors (Lipinski definition) is 0. The van der Waals surface area contributed by atoms with Gasteiger partial charge in [-0.15, -0.1) is 0 Å². The molecule has 4 heteroatoms. The Balaban J connectivity index is 1.00. The zero-order valence-electron chi connectivity index (χ0n) is 35.4. The van der Waals surface area contributed by atoms with E-state index in [0.29, 0.717) is 0 Å². The van der Waals surface area contributed by atoms with Gasteiger partial charge in [0.15, 0.2) is 5.84 Å². The zero-order chi connectivity index (χ0) is 42.6. The standard InChI is InChI=1S/C60H43N3S/c1-2-45-56(41-20-8-4-9-21-41)62-59(63-57(45)43-32-30-39(31-33-43)46-36-37-53(40-18-6-3-7-19-40)61-58(46)42-22-10-5-11-23-42)44-34-35-48-47-24-12-13-25-49(47)60(52(48)38-44)50-26-14-16-28-54(50)64-55-29-17-15-27-51(55)60/h3-38,45,57H,2H2,1H3. The third kappa shape index (κ3) is 6.16. The number of rotatable bonds is 7. The van der Waals surface area contributed by atoms with Gasteiger partial charge in [0.2, 0.25) is 0 Å². The van der Waals surface area contributed by atoms with Crippen LogP contribution in [0.15, 0.2) is 238 Å². The Hall–Kier alpha value is -7.40. The molecule has 0 fully saturated rings. The Kier molecular flexibility index (Phi) is 9.42. The van der Waals surface area contributed by atoms with Crippen molar-refractivity contribution in [2.75, 3.05) is 0 Å². The van der Waals surface area contributed by atoms with Crippen LogP contribution in [-0.2, 0) is 5.41 Å². The van der Waals surface area contributed by atoms with Crippen LogP contribution in [0.1, 0.15) is 58.3 Å². The lowest BCUT2D eigenvalue weighted by atomic mass is 9.67. The summed E-state index contributed by atoms with van der Waals surface area (Å²) in [4.78, 5) is 19.1. The molecule has 0 saturated carbocycles. The van der Waals surface area contributed by atoms with E-state index in [-0.39, 0.29) is 12.0 Å². The highest BCUT2D eigenvalue weighted by Crippen LogP contribution is 2.62. The van der Waals surface area contributed by atoms with E-state index in [1.807, 2.05) is 17.8 Å². The van der Waals surface area contributed by atoms with Crippen LogP contribution < -0.4 is 0 Å². The van der Waals surface area contributed by atoms with Crippen molar-refractivity contribution in [2.45, 2.75) is 34.6 Å². The highest BCUT2D eigenvalue weighted by molar-refractivity contribution is 7.99. The fourth-order valence-corrected chi connectivity index (χ4v) is 11.7. The maximum atomic E-state index is 5.67. The summed E-state index contributed by atoms with van der Waals surface area (Å²) in [5, 5.41) is 0. The van der Waals surface area contributed by atoms with Crippen molar-refractivity contribution in [1.29, 1.82) is 0 Å². The van der Waals surface area contributed by atoms with E-state index in [9.17, 15) is 0 Å². The second kappa shape index (κ2) is 15.7. The number of nitrogens with zero attached hydrogens (tertiary/aromatic N) is 3. The van der Waals surface area contributed by atoms with Crippen LogP contribution in [-0.4, -0.2) is 16.5 Å². The molecule has 3 aliphatic rings. The van der Waals surface area contributed by atoms with Gasteiger partial charge in [-0.05, 0) is 80.8 Å². The Bertz CT molecular complexity index is 3240. The van der Waals surface area contributed by atoms with E-state index in [1.165, 1.54) is 48.7 Å². The van der Waals surface area contributed by atoms with Crippen molar-refractivity contribution in [3.05, 3.63) is 257 Å². The topological polar surface area (TPSA) is 37.6 Å². The van der Waals surface area contributed by atoms with Gasteiger partial charge in [0, 0.05) is 38.0 Å². The van der Waals surface area contributed by atoms with E-state index in [2.05, 4.69) is 219 Å². The molecule has 0 saturated heterocycles. The largest absolute Gasteiger partial charge is 0.257 e. The van der Waals surface area contributed by atoms with Gasteiger partial charge in [-0.25, -0.2) is 9.98 Å². The molecule has 3 nitrogen and oxygen atoms in total. The van der Waals surface area contributed by atoms with Crippen molar-refractivity contribution >= 4 is 23.3 Å². The lowest BCUT2D eigenvalue weighted by Crippen LogP contribution is -2.32. The molecule has 9 aromatic rings. The van der Waals surface area contributed by atoms with Gasteiger partial charge >= 0.3 is 0 Å². The molecule has 2 unspecified atom stereocenters. The zero-order valence-corrected chi connectivity index (χ0v) is 36.2. The summed E-state index contributed by atoms with van der Waals surface area (Å²) in [5.74, 6) is 0.855. The fraction of sp³-hybridized carbons (Fsp3) is 0.0833. The molecular formula is C60H43N3S. The first-order chi connectivity index (χ1) is 31.7. The summed E-state index contributed by atoms with van der Waals surface area (Å²) in [6, 6.07) is 78.9. The molecule has 0 radical (unpaired) electrons. The average molecular weight is 838 g/mol. The summed E-state index contributed by atoms with van der Waals surface area (Å²) < 4.78 is 0. The van der Waals surface area contributed by atoms with E-state index in [0.717, 1.165) is 62.7 Å². The molecule has 304 valence electrons. The quantitative estimate of drug-likeness (QED) is 0.160. The van der Waals surface area contributed by atoms with Crippen molar-refractivity contribution in [1.82, 2.24) is 4.98 Å². The van der Waals surface area contributed by atoms with E-state index >= 15 is 0 Å². The van der Waals surface area contributed by atoms with Crippen LogP contribution in [0, 0.1) is 5.92 Å². The number of amidine groups is 1. The minimum Gasteiger partial charge on any atom is -0.257 e. The second-order valence-corrected chi connectivity index (χ2v) is 18.0. The molecule has 3 heterocycles. The first-order valence-electron chi connectivity index (χ1n) is 22.2. The highest BCUT2D eigenvalue weighted by atomic mass is 32.2. The molecular weight excluding hydrogens is 795 g/mol. The van der Waals surface area contributed by atoms with Crippen molar-refractivity contribution in [3.63, 3.8) is 0 Å². The van der Waals surface area contributed by atoms with Crippen molar-refractivity contribution in [3.8, 4) is 44.8 Å². The molecule has 12 rings (SSSR count). The molecule has 1 aromatic heterocycles. The van der Waals surface area contributed by atoms with Crippen molar-refractivity contribution in [2.24, 2.45) is 15.9 Å². The van der Waals surface area contributed by atoms with Gasteiger partial charge in [0.25, 0.3) is 0 Å². The molecule has 64 heavy (non-hydrogen) atoms. The summed E-state index contributed by atoms with van der Waals surface area (Å²) in [6.07, 6.45) is 0.897. The number of aliphatic imine (C=N–C) groups is 2. The summed E-state index contributed by atoms with van der Waals surface area (Å²) in [6.45, 7) is 2.27. The molecule has 2 aliphatic heterocycles. The number of fused-ring (bicyclic) bond motifs is 9. The Morgan fingerprint density at radius 1 is 0.453 bits per heavy atom. The van der Waals surface area contributed by atoms with Crippen LogP contribution >= 0.6 is 11.8 Å². The highest BCUT2D eigenvalue weighted by Gasteiger charge is 2.50. The number of benzene rings is 8. The minimum absolute atomic E-state index is 0.0860. The third-order valence-corrected chi connectivity index (χ3v) is 14.6. The Morgan fingerprint density at radius 3 is 1.67 bits per heavy atom. The van der Waals surface area contributed by atoms with Crippen LogP contribution in [0.3, 0.4) is 0 Å². The van der Waals surface area contributed by atoms with Crippen LogP contribution in [0.25, 0.3) is 44.8 Å². The van der Waals surface area contributed by atoms with Gasteiger partial charge in [0.1, 0.15) is 0 Å². The fourth-order valence-electron chi connectivity index (χ4n) is 10.5. The van der Waals surface area contributed by atoms with Crippen molar-refractivity contribution < 1.29 is 0 Å². The first kappa shape index (κ1) is 38.3. The Labute approximate surface area is 379 Å². The van der Waals surface area contributed by atoms with E-state index < -0.39 is 5.41 Å². The number of aromatic nitrogens is 1. The molecule has 1 spiro atoms.